The number of hydrogen-bond acceptors (Lipinski definition) is 7. The quantitative estimate of drug-likeness (QED) is 0.0631. The summed E-state index contributed by atoms with van der Waals surface area (Å²) >= 11 is 0. The molecule has 3 heterocycles. The number of hydrogen-bond donors (Lipinski definition) is 6. The van der Waals surface area contributed by atoms with E-state index >= 15 is 0 Å². The van der Waals surface area contributed by atoms with Gasteiger partial charge in [-0.2, -0.15) is 5.10 Å². The van der Waals surface area contributed by atoms with Crippen molar-refractivity contribution < 1.29 is 24.0 Å². The molecule has 1 aliphatic rings. The molecule has 14 heteroatoms. The molecule has 5 aromatic rings. The zero-order valence-corrected chi connectivity index (χ0v) is 32.8. The zero-order chi connectivity index (χ0) is 40.5. The predicted octanol–water partition coefficient (Wildman–Crippen LogP) is 6.36. The lowest BCUT2D eigenvalue weighted by Crippen LogP contribution is -2.35. The number of aromatic amines is 1. The highest BCUT2D eigenvalue weighted by molar-refractivity contribution is 6.35. The number of aryl methyl sites for hydroxylation is 1. The van der Waals surface area contributed by atoms with Gasteiger partial charge in [0.15, 0.2) is 0 Å². The number of nitrogens with zero attached hydrogens (tertiary/aromatic N) is 3. The molecule has 3 aromatic carbocycles. The van der Waals surface area contributed by atoms with Gasteiger partial charge in [0.25, 0.3) is 11.8 Å². The summed E-state index contributed by atoms with van der Waals surface area (Å²) in [4.78, 5) is 70.4. The maximum atomic E-state index is 13.2. The predicted molar refractivity (Wildman–Crippen MR) is 223 cm³/mol. The minimum Gasteiger partial charge on any atom is -0.358 e. The van der Waals surface area contributed by atoms with Gasteiger partial charge in [-0.25, -0.2) is 9.48 Å². The van der Waals surface area contributed by atoms with E-state index in [1.54, 1.807) is 48.7 Å². The van der Waals surface area contributed by atoms with Gasteiger partial charge in [-0.3, -0.25) is 19.2 Å². The molecule has 6 rings (SSSR count). The van der Waals surface area contributed by atoms with Crippen molar-refractivity contribution in [3.8, 4) is 0 Å². The van der Waals surface area contributed by atoms with Crippen molar-refractivity contribution in [1.82, 2.24) is 30.3 Å². The van der Waals surface area contributed by atoms with Crippen LogP contribution in [0.2, 0.25) is 0 Å². The normalized spacial score (nSPS) is 12.8. The van der Waals surface area contributed by atoms with Crippen LogP contribution < -0.4 is 26.6 Å². The third-order valence-electron chi connectivity index (χ3n) is 10.1. The Hall–Kier alpha value is -6.54. The first-order valence-corrected chi connectivity index (χ1v) is 19.3. The van der Waals surface area contributed by atoms with Crippen LogP contribution in [0.5, 0.6) is 0 Å². The first-order valence-electron chi connectivity index (χ1n) is 19.3. The molecule has 2 aromatic heterocycles. The van der Waals surface area contributed by atoms with Crippen LogP contribution in [0.1, 0.15) is 76.3 Å². The average molecular weight is 772 g/mol. The van der Waals surface area contributed by atoms with Crippen molar-refractivity contribution in [1.29, 1.82) is 0 Å². The summed E-state index contributed by atoms with van der Waals surface area (Å²) < 4.78 is 1.29. The lowest BCUT2D eigenvalue weighted by Gasteiger charge is -2.18. The minimum absolute atomic E-state index is 0.0716. The molecule has 0 saturated heterocycles. The summed E-state index contributed by atoms with van der Waals surface area (Å²) in [5.74, 6) is -1.03. The van der Waals surface area contributed by atoms with Crippen LogP contribution in [0.3, 0.4) is 0 Å². The number of rotatable bonds is 16. The molecule has 0 fully saturated rings. The van der Waals surface area contributed by atoms with Gasteiger partial charge in [-0.15, -0.1) is 0 Å². The summed E-state index contributed by atoms with van der Waals surface area (Å²) in [6, 6.07) is 19.9. The van der Waals surface area contributed by atoms with E-state index in [0.717, 1.165) is 36.1 Å². The highest BCUT2D eigenvalue weighted by Gasteiger charge is 2.26. The fraction of sp³-hybridized carbons (Fsp3) is 0.302. The summed E-state index contributed by atoms with van der Waals surface area (Å²) in [7, 11) is 0. The van der Waals surface area contributed by atoms with E-state index in [4.69, 9.17) is 0 Å². The molecule has 5 amide bonds. The highest BCUT2D eigenvalue weighted by Crippen LogP contribution is 2.36. The van der Waals surface area contributed by atoms with Gasteiger partial charge >= 0.3 is 6.03 Å². The largest absolute Gasteiger partial charge is 0.358 e. The molecule has 57 heavy (non-hydrogen) atoms. The van der Waals surface area contributed by atoms with E-state index in [0.29, 0.717) is 70.2 Å². The molecule has 0 unspecified atom stereocenters. The number of H-pyrrole nitrogens is 1. The van der Waals surface area contributed by atoms with Crippen LogP contribution in [-0.4, -0.2) is 82.0 Å². The number of carbonyl (C=O) groups is 5. The number of likely N-dealkylation sites (N-methyl/N-ethyl adjacent to an activating group) is 1. The first kappa shape index (κ1) is 40.1. The van der Waals surface area contributed by atoms with E-state index in [-0.39, 0.29) is 48.9 Å². The SMILES string of the molecule is CCN(CC)CCNC(=O)c1c(C)[nH]c(/C=C2\C(=O)Nc3ccc(NC(=O)CCCC(=O)n4ncc5ccc(NC(=O)NCCc6ccccc6)cc54)cc32)c1C. The Bertz CT molecular complexity index is 2320. The molecule has 0 saturated carbocycles. The van der Waals surface area contributed by atoms with Crippen molar-refractivity contribution >= 4 is 69.3 Å². The molecular weight excluding hydrogens is 723 g/mol. The second kappa shape index (κ2) is 18.4. The third kappa shape index (κ3) is 9.83. The first-order chi connectivity index (χ1) is 27.5. The van der Waals surface area contributed by atoms with Crippen LogP contribution in [0.25, 0.3) is 22.6 Å². The van der Waals surface area contributed by atoms with Crippen LogP contribution in [0, 0.1) is 13.8 Å². The maximum Gasteiger partial charge on any atom is 0.319 e. The topological polar surface area (TPSA) is 182 Å². The number of benzene rings is 3. The third-order valence-corrected chi connectivity index (χ3v) is 10.1. The number of fused-ring (bicyclic) bond motifs is 2. The van der Waals surface area contributed by atoms with Crippen molar-refractivity contribution in [2.45, 2.75) is 53.4 Å². The highest BCUT2D eigenvalue weighted by atomic mass is 16.2. The number of amides is 5. The molecule has 1 aliphatic heterocycles. The Morgan fingerprint density at radius 2 is 1.63 bits per heavy atom. The van der Waals surface area contributed by atoms with Crippen LogP contribution in [0.15, 0.2) is 72.9 Å². The fourth-order valence-corrected chi connectivity index (χ4v) is 6.93. The van der Waals surface area contributed by atoms with Crippen molar-refractivity contribution in [2.75, 3.05) is 48.7 Å². The van der Waals surface area contributed by atoms with Crippen LogP contribution >= 0.6 is 0 Å². The average Bonchev–Trinajstić information content (AvgIpc) is 3.85. The van der Waals surface area contributed by atoms with Gasteiger partial charge < -0.3 is 36.5 Å². The monoisotopic (exact) mass is 771 g/mol. The zero-order valence-electron chi connectivity index (χ0n) is 32.8. The molecular formula is C43H49N9O5. The van der Waals surface area contributed by atoms with E-state index in [1.165, 1.54) is 4.68 Å². The Labute approximate surface area is 331 Å². The van der Waals surface area contributed by atoms with Crippen LogP contribution in [-0.2, 0) is 16.0 Å². The Kier molecular flexibility index (Phi) is 13.0. The summed E-state index contributed by atoms with van der Waals surface area (Å²) in [6.45, 7) is 11.4. The smallest absolute Gasteiger partial charge is 0.319 e. The molecule has 14 nitrogen and oxygen atoms in total. The lowest BCUT2D eigenvalue weighted by molar-refractivity contribution is -0.116. The van der Waals surface area contributed by atoms with Crippen LogP contribution in [0.4, 0.5) is 21.9 Å². The molecule has 0 radical (unpaired) electrons. The molecule has 6 N–H and O–H groups in total. The number of carbonyl (C=O) groups excluding carboxylic acids is 5. The van der Waals surface area contributed by atoms with E-state index in [1.807, 2.05) is 44.2 Å². The summed E-state index contributed by atoms with van der Waals surface area (Å²) in [5, 5.41) is 19.4. The standard InChI is InChI=1S/C43H49N9O5/c1-5-51(6-2)22-21-44-42(56)40-27(3)36(47-28(40)4)25-34-33-23-31(17-18-35(33)50-41(34)55)48-38(53)13-10-14-39(54)52-37-24-32(16-15-30(37)26-46-52)49-43(57)45-20-19-29-11-8-7-9-12-29/h7-9,11-12,15-18,23-26,47H,5-6,10,13-14,19-22H2,1-4H3,(H,44,56)(H,48,53)(H,50,55)(H2,45,49,57)/b34-25-. The van der Waals surface area contributed by atoms with Gasteiger partial charge in [0.1, 0.15) is 0 Å². The molecule has 0 atom stereocenters. The number of nitrogens with one attached hydrogen (secondary N) is 6. The Balaban J connectivity index is 1.03. The molecule has 0 aliphatic carbocycles. The second-order valence-corrected chi connectivity index (χ2v) is 14.0. The summed E-state index contributed by atoms with van der Waals surface area (Å²) in [6.07, 6.45) is 4.45. The Morgan fingerprint density at radius 3 is 2.40 bits per heavy atom. The molecule has 0 bridgehead atoms. The minimum atomic E-state index is -0.352. The maximum absolute atomic E-state index is 13.2. The van der Waals surface area contributed by atoms with Gasteiger partial charge in [0, 0.05) is 71.9 Å². The Morgan fingerprint density at radius 1 is 0.877 bits per heavy atom. The van der Waals surface area contributed by atoms with Gasteiger partial charge in [0.05, 0.1) is 22.9 Å². The van der Waals surface area contributed by atoms with Crippen molar-refractivity contribution in [3.05, 3.63) is 107 Å². The van der Waals surface area contributed by atoms with Gasteiger partial charge in [0.2, 0.25) is 11.8 Å². The number of anilines is 3. The van der Waals surface area contributed by atoms with E-state index < -0.39 is 0 Å². The fourth-order valence-electron chi connectivity index (χ4n) is 6.93. The van der Waals surface area contributed by atoms with Crippen molar-refractivity contribution in [2.24, 2.45) is 0 Å². The van der Waals surface area contributed by atoms with Gasteiger partial charge in [-0.1, -0.05) is 44.2 Å². The van der Waals surface area contributed by atoms with Crippen molar-refractivity contribution in [3.63, 3.8) is 0 Å². The van der Waals surface area contributed by atoms with E-state index in [2.05, 4.69) is 55.4 Å². The molecule has 0 spiro atoms. The second-order valence-electron chi connectivity index (χ2n) is 14.0. The number of aromatic nitrogens is 3. The van der Waals surface area contributed by atoms with E-state index in [9.17, 15) is 24.0 Å². The number of urea groups is 1. The van der Waals surface area contributed by atoms with Gasteiger partial charge in [-0.05, 0) is 93.4 Å². The summed E-state index contributed by atoms with van der Waals surface area (Å²) in [5.41, 5.74) is 6.96. The molecule has 296 valence electrons. The lowest BCUT2D eigenvalue weighted by atomic mass is 10.0.